The van der Waals surface area contributed by atoms with Crippen LogP contribution in [-0.4, -0.2) is 26.5 Å². The first kappa shape index (κ1) is 19.6. The van der Waals surface area contributed by atoms with E-state index in [1.54, 1.807) is 0 Å². The average molecular weight is 454 g/mol. The second-order valence-corrected chi connectivity index (χ2v) is 8.75. The highest BCUT2D eigenvalue weighted by atomic mass is 16.2. The van der Waals surface area contributed by atoms with Crippen molar-refractivity contribution < 1.29 is 9.59 Å². The summed E-state index contributed by atoms with van der Waals surface area (Å²) in [5.74, 6) is -1.02. The van der Waals surface area contributed by atoms with Crippen LogP contribution >= 0.6 is 0 Å². The average Bonchev–Trinajstić information content (AvgIpc) is 3.62. The molecule has 0 saturated carbocycles. The third-order valence-electron chi connectivity index (χ3n) is 6.84. The van der Waals surface area contributed by atoms with Crippen molar-refractivity contribution in [2.24, 2.45) is 0 Å². The maximum Gasteiger partial charge on any atom is 0.234 e. The second kappa shape index (κ2) is 7.30. The number of para-hydroxylation sites is 3. The van der Waals surface area contributed by atoms with Gasteiger partial charge in [0.2, 0.25) is 11.6 Å². The van der Waals surface area contributed by atoms with Crippen LogP contribution in [0.2, 0.25) is 0 Å². The maximum atomic E-state index is 13.6. The molecule has 6 aromatic rings. The number of ketones is 2. The lowest BCUT2D eigenvalue weighted by atomic mass is 9.79. The monoisotopic (exact) mass is 453 g/mol. The van der Waals surface area contributed by atoms with Gasteiger partial charge in [0, 0.05) is 79.1 Å². The fourth-order valence-corrected chi connectivity index (χ4v) is 5.24. The SMILES string of the molecule is O=C1C=C(c2c[nH]c3ccccc23)C(c2c[nH]c3ccccc23)=C(c2c[nH]c3ccccc23)C1=O. The predicted molar refractivity (Wildman–Crippen MR) is 140 cm³/mol. The van der Waals surface area contributed by atoms with E-state index >= 15 is 0 Å². The van der Waals surface area contributed by atoms with Gasteiger partial charge in [-0.25, -0.2) is 0 Å². The van der Waals surface area contributed by atoms with Crippen molar-refractivity contribution in [3.63, 3.8) is 0 Å². The molecule has 0 bridgehead atoms. The highest BCUT2D eigenvalue weighted by Crippen LogP contribution is 2.45. The van der Waals surface area contributed by atoms with Crippen molar-refractivity contribution in [2.75, 3.05) is 0 Å². The molecule has 166 valence electrons. The maximum absolute atomic E-state index is 13.6. The van der Waals surface area contributed by atoms with E-state index in [0.29, 0.717) is 5.57 Å². The molecule has 7 rings (SSSR count). The molecule has 0 atom stereocenters. The van der Waals surface area contributed by atoms with Gasteiger partial charge in [-0.3, -0.25) is 9.59 Å². The Morgan fingerprint density at radius 3 is 1.46 bits per heavy atom. The van der Waals surface area contributed by atoms with Gasteiger partial charge >= 0.3 is 0 Å². The third-order valence-corrected chi connectivity index (χ3v) is 6.84. The molecule has 3 heterocycles. The number of carbonyl (C=O) groups excluding carboxylic acids is 2. The van der Waals surface area contributed by atoms with Gasteiger partial charge in [0.05, 0.1) is 0 Å². The number of aromatic amines is 3. The molecule has 5 nitrogen and oxygen atoms in total. The van der Waals surface area contributed by atoms with Crippen LogP contribution in [0.15, 0.2) is 97.5 Å². The van der Waals surface area contributed by atoms with Crippen LogP contribution in [0.1, 0.15) is 16.7 Å². The number of rotatable bonds is 3. The first-order chi connectivity index (χ1) is 17.2. The molecule has 0 radical (unpaired) electrons. The molecular formula is C30H19N3O2. The summed E-state index contributed by atoms with van der Waals surface area (Å²) in [5, 5.41) is 2.89. The van der Waals surface area contributed by atoms with Crippen LogP contribution in [0, 0.1) is 0 Å². The molecule has 3 aromatic heterocycles. The van der Waals surface area contributed by atoms with Gasteiger partial charge in [0.25, 0.3) is 0 Å². The molecule has 0 fully saturated rings. The van der Waals surface area contributed by atoms with Crippen LogP contribution in [0.25, 0.3) is 49.4 Å². The Labute approximate surface area is 199 Å². The van der Waals surface area contributed by atoms with Crippen LogP contribution in [-0.2, 0) is 9.59 Å². The van der Waals surface area contributed by atoms with Crippen LogP contribution in [0.4, 0.5) is 0 Å². The molecule has 1 aliphatic rings. The number of H-pyrrole nitrogens is 3. The summed E-state index contributed by atoms with van der Waals surface area (Å²) in [4.78, 5) is 36.7. The first-order valence-corrected chi connectivity index (χ1v) is 11.4. The van der Waals surface area contributed by atoms with Crippen molar-refractivity contribution in [1.82, 2.24) is 15.0 Å². The molecule has 5 heteroatoms. The molecule has 3 aromatic carbocycles. The minimum Gasteiger partial charge on any atom is -0.361 e. The standard InChI is InChI=1S/C30H19N3O2/c34-27-13-20(21-14-31-24-10-4-1-7-17(21)24)28(22-15-32-25-11-5-2-8-18(22)25)29(30(27)35)23-16-33-26-12-6-3-9-19(23)26/h1-16,31-33H. The predicted octanol–water partition coefficient (Wildman–Crippen LogP) is 6.28. The minimum atomic E-state index is -0.519. The van der Waals surface area contributed by atoms with Gasteiger partial charge in [-0.05, 0) is 29.8 Å². The molecule has 0 amide bonds. The largest absolute Gasteiger partial charge is 0.361 e. The number of hydrogen-bond acceptors (Lipinski definition) is 2. The van der Waals surface area contributed by atoms with Crippen molar-refractivity contribution in [3.05, 3.63) is 114 Å². The summed E-state index contributed by atoms with van der Waals surface area (Å²) in [7, 11) is 0. The quantitative estimate of drug-likeness (QED) is 0.218. The normalized spacial score (nSPS) is 14.5. The number of hydrogen-bond donors (Lipinski definition) is 3. The molecule has 1 aliphatic carbocycles. The van der Waals surface area contributed by atoms with E-state index < -0.39 is 11.6 Å². The highest BCUT2D eigenvalue weighted by Gasteiger charge is 2.34. The summed E-state index contributed by atoms with van der Waals surface area (Å²) in [5.41, 5.74) is 7.26. The number of allylic oxidation sites excluding steroid dienone is 4. The van der Waals surface area contributed by atoms with Crippen LogP contribution < -0.4 is 0 Å². The fraction of sp³-hybridized carbons (Fsp3) is 0. The molecule has 0 unspecified atom stereocenters. The lowest BCUT2D eigenvalue weighted by Crippen LogP contribution is -2.19. The van der Waals surface area contributed by atoms with E-state index in [4.69, 9.17) is 0 Å². The number of Topliss-reactive ketones (excluding diaryl/α,β-unsaturated/α-hetero) is 1. The van der Waals surface area contributed by atoms with E-state index in [-0.39, 0.29) is 0 Å². The minimum absolute atomic E-state index is 0.417. The number of benzene rings is 3. The van der Waals surface area contributed by atoms with E-state index in [2.05, 4.69) is 15.0 Å². The van der Waals surface area contributed by atoms with Crippen LogP contribution in [0.3, 0.4) is 0 Å². The second-order valence-electron chi connectivity index (χ2n) is 8.75. The van der Waals surface area contributed by atoms with E-state index in [1.165, 1.54) is 6.08 Å². The summed E-state index contributed by atoms with van der Waals surface area (Å²) >= 11 is 0. The van der Waals surface area contributed by atoms with Gasteiger partial charge in [-0.1, -0.05) is 54.6 Å². The molecule has 0 aliphatic heterocycles. The Morgan fingerprint density at radius 2 is 0.914 bits per heavy atom. The topological polar surface area (TPSA) is 81.5 Å². The van der Waals surface area contributed by atoms with E-state index in [9.17, 15) is 9.59 Å². The van der Waals surface area contributed by atoms with Crippen molar-refractivity contribution in [2.45, 2.75) is 0 Å². The molecule has 3 N–H and O–H groups in total. The molecule has 35 heavy (non-hydrogen) atoms. The summed E-state index contributed by atoms with van der Waals surface area (Å²) in [6.07, 6.45) is 7.17. The molecular weight excluding hydrogens is 434 g/mol. The fourth-order valence-electron chi connectivity index (χ4n) is 5.24. The van der Waals surface area contributed by atoms with Gasteiger partial charge in [-0.15, -0.1) is 0 Å². The van der Waals surface area contributed by atoms with Crippen LogP contribution in [0.5, 0.6) is 0 Å². The summed E-state index contributed by atoms with van der Waals surface area (Å²) in [6, 6.07) is 23.8. The Morgan fingerprint density at radius 1 is 0.486 bits per heavy atom. The molecule has 0 saturated heterocycles. The number of fused-ring (bicyclic) bond motifs is 3. The zero-order valence-corrected chi connectivity index (χ0v) is 18.6. The Bertz CT molecular complexity index is 1890. The van der Waals surface area contributed by atoms with Gasteiger partial charge in [-0.2, -0.15) is 0 Å². The summed E-state index contributed by atoms with van der Waals surface area (Å²) in [6.45, 7) is 0. The van der Waals surface area contributed by atoms with E-state index in [1.807, 2.05) is 91.4 Å². The lowest BCUT2D eigenvalue weighted by Gasteiger charge is -2.21. The Kier molecular flexibility index (Phi) is 4.08. The highest BCUT2D eigenvalue weighted by molar-refractivity contribution is 6.64. The van der Waals surface area contributed by atoms with E-state index in [0.717, 1.165) is 60.5 Å². The Balaban J connectivity index is 1.62. The number of nitrogens with one attached hydrogen (secondary N) is 3. The van der Waals surface area contributed by atoms with Gasteiger partial charge in [0.1, 0.15) is 0 Å². The third kappa shape index (κ3) is 2.82. The smallest absolute Gasteiger partial charge is 0.234 e. The van der Waals surface area contributed by atoms with Crippen molar-refractivity contribution >= 4 is 61.0 Å². The zero-order chi connectivity index (χ0) is 23.5. The molecule has 0 spiro atoms. The number of aromatic nitrogens is 3. The lowest BCUT2D eigenvalue weighted by molar-refractivity contribution is -0.130. The van der Waals surface area contributed by atoms with Crippen molar-refractivity contribution in [3.8, 4) is 0 Å². The number of carbonyl (C=O) groups is 2. The summed E-state index contributed by atoms with van der Waals surface area (Å²) < 4.78 is 0. The first-order valence-electron chi connectivity index (χ1n) is 11.4. The van der Waals surface area contributed by atoms with Gasteiger partial charge < -0.3 is 15.0 Å². The van der Waals surface area contributed by atoms with Crippen molar-refractivity contribution in [1.29, 1.82) is 0 Å². The zero-order valence-electron chi connectivity index (χ0n) is 18.6. The Hall–Kier alpha value is -4.90. The van der Waals surface area contributed by atoms with Gasteiger partial charge in [0.15, 0.2) is 0 Å².